The maximum absolute atomic E-state index is 10.1. The first-order chi connectivity index (χ1) is 16.2. The molecule has 1 aliphatic heterocycles. The number of pyridine rings is 1. The van der Waals surface area contributed by atoms with Crippen molar-refractivity contribution in [2.75, 3.05) is 48.5 Å². The molecule has 0 saturated carbocycles. The molecular weight excluding hydrogens is 450 g/mol. The van der Waals surface area contributed by atoms with Crippen molar-refractivity contribution >= 4 is 33.8 Å². The molecule has 0 unspecified atom stereocenters. The number of nitrogens with two attached hydrogens (primary N) is 2. The summed E-state index contributed by atoms with van der Waals surface area (Å²) in [4.78, 5) is 17.0. The normalized spacial score (nSPS) is 15.1. The molecule has 0 amide bonds. The predicted octanol–water partition coefficient (Wildman–Crippen LogP) is 2.82. The Hall–Kier alpha value is -4.09. The van der Waals surface area contributed by atoms with Crippen LogP contribution in [0.2, 0.25) is 0 Å². The molecule has 11 heteroatoms. The van der Waals surface area contributed by atoms with E-state index in [0.29, 0.717) is 46.7 Å². The number of thiophene rings is 1. The van der Waals surface area contributed by atoms with Crippen LogP contribution in [-0.2, 0) is 5.41 Å². The van der Waals surface area contributed by atoms with Crippen molar-refractivity contribution in [3.05, 3.63) is 46.0 Å². The SMILES string of the molecule is COc1nc(N2CC(C)(c3csc(N)c3C#N)C2)c(C#N)c(N(C)[C@H](C)c2cccnc2N)n1. The van der Waals surface area contributed by atoms with Gasteiger partial charge in [-0.1, -0.05) is 13.0 Å². The predicted molar refractivity (Wildman–Crippen MR) is 132 cm³/mol. The standard InChI is InChI=1S/C23H25N9OS/c1-13(14-6-5-7-28-18(14)26)31(3)20-16(9-25)21(30-22(29-20)33-4)32-11-23(2,12-32)17-10-34-19(27)15(17)8-24/h5-7,10,13H,11-12,27H2,1-4H3,(H2,26,28)/t13-/m1/s1. The Morgan fingerprint density at radius 3 is 2.56 bits per heavy atom. The third kappa shape index (κ3) is 3.70. The highest BCUT2D eigenvalue weighted by molar-refractivity contribution is 7.14. The highest BCUT2D eigenvalue weighted by Crippen LogP contribution is 2.44. The first-order valence-corrected chi connectivity index (χ1v) is 11.4. The number of aromatic nitrogens is 3. The molecule has 4 heterocycles. The second-order valence-corrected chi connectivity index (χ2v) is 9.44. The van der Waals surface area contributed by atoms with E-state index in [0.717, 1.165) is 11.1 Å². The highest BCUT2D eigenvalue weighted by Gasteiger charge is 2.44. The molecule has 4 rings (SSSR count). The number of hydrogen-bond acceptors (Lipinski definition) is 11. The fourth-order valence-corrected chi connectivity index (χ4v) is 5.24. The molecule has 1 fully saturated rings. The molecule has 34 heavy (non-hydrogen) atoms. The van der Waals surface area contributed by atoms with Gasteiger partial charge >= 0.3 is 6.01 Å². The molecule has 174 valence electrons. The van der Waals surface area contributed by atoms with E-state index in [9.17, 15) is 10.5 Å². The van der Waals surface area contributed by atoms with Crippen LogP contribution in [0.3, 0.4) is 0 Å². The van der Waals surface area contributed by atoms with Crippen LogP contribution in [0.5, 0.6) is 6.01 Å². The van der Waals surface area contributed by atoms with Crippen LogP contribution in [-0.4, -0.2) is 42.2 Å². The Bertz CT molecular complexity index is 1320. The van der Waals surface area contributed by atoms with E-state index in [4.69, 9.17) is 16.2 Å². The number of anilines is 4. The molecule has 0 spiro atoms. The summed E-state index contributed by atoms with van der Waals surface area (Å²) >= 11 is 1.37. The zero-order valence-corrected chi connectivity index (χ0v) is 20.2. The Labute approximate surface area is 202 Å². The quantitative estimate of drug-likeness (QED) is 0.544. The van der Waals surface area contributed by atoms with Crippen molar-refractivity contribution in [2.45, 2.75) is 25.3 Å². The molecule has 0 bridgehead atoms. The monoisotopic (exact) mass is 475 g/mol. The third-order valence-electron chi connectivity index (χ3n) is 6.34. The van der Waals surface area contributed by atoms with Crippen molar-refractivity contribution in [2.24, 2.45) is 0 Å². The van der Waals surface area contributed by atoms with Crippen molar-refractivity contribution in [1.29, 1.82) is 10.5 Å². The van der Waals surface area contributed by atoms with Crippen LogP contribution in [0.1, 0.15) is 42.1 Å². The molecule has 1 saturated heterocycles. The van der Waals surface area contributed by atoms with Crippen molar-refractivity contribution in [3.8, 4) is 18.1 Å². The number of nitrogen functional groups attached to an aromatic ring is 2. The minimum Gasteiger partial charge on any atom is -0.467 e. The van der Waals surface area contributed by atoms with Crippen molar-refractivity contribution < 1.29 is 4.74 Å². The lowest BCUT2D eigenvalue weighted by atomic mass is 9.75. The molecule has 10 nitrogen and oxygen atoms in total. The van der Waals surface area contributed by atoms with Gasteiger partial charge < -0.3 is 26.0 Å². The van der Waals surface area contributed by atoms with Crippen LogP contribution < -0.4 is 26.0 Å². The first-order valence-electron chi connectivity index (χ1n) is 10.6. The van der Waals surface area contributed by atoms with Gasteiger partial charge in [-0.3, -0.25) is 0 Å². The van der Waals surface area contributed by atoms with Gasteiger partial charge in [-0.25, -0.2) is 4.98 Å². The average Bonchev–Trinajstić information content (AvgIpc) is 3.21. The van der Waals surface area contributed by atoms with Crippen LogP contribution in [0.4, 0.5) is 22.5 Å². The summed E-state index contributed by atoms with van der Waals surface area (Å²) in [5, 5.41) is 22.1. The van der Waals surface area contributed by atoms with Crippen LogP contribution in [0.25, 0.3) is 0 Å². The Kier molecular flexibility index (Phi) is 5.90. The molecule has 3 aromatic heterocycles. The molecule has 0 aromatic carbocycles. The van der Waals surface area contributed by atoms with E-state index in [1.807, 2.05) is 41.3 Å². The first kappa shape index (κ1) is 23.1. The number of methoxy groups -OCH3 is 1. The molecular formula is C23H25N9OS. The van der Waals surface area contributed by atoms with Gasteiger partial charge in [0.25, 0.3) is 0 Å². The molecule has 1 aliphatic rings. The molecule has 3 aromatic rings. The maximum Gasteiger partial charge on any atom is 0.320 e. The lowest BCUT2D eigenvalue weighted by Crippen LogP contribution is -2.58. The Morgan fingerprint density at radius 2 is 1.94 bits per heavy atom. The number of nitrogens with zero attached hydrogens (tertiary/aromatic N) is 7. The van der Waals surface area contributed by atoms with Crippen LogP contribution >= 0.6 is 11.3 Å². The van der Waals surface area contributed by atoms with Gasteiger partial charge in [-0.15, -0.1) is 11.3 Å². The summed E-state index contributed by atoms with van der Waals surface area (Å²) in [5.41, 5.74) is 14.4. The number of ether oxygens (including phenoxy) is 1. The van der Waals surface area contributed by atoms with Gasteiger partial charge in [0.05, 0.1) is 18.7 Å². The molecule has 0 aliphatic carbocycles. The summed E-state index contributed by atoms with van der Waals surface area (Å²) in [6.07, 6.45) is 1.64. The van der Waals surface area contributed by atoms with Crippen molar-refractivity contribution in [1.82, 2.24) is 15.0 Å². The average molecular weight is 476 g/mol. The molecule has 4 N–H and O–H groups in total. The molecule has 1 atom stereocenters. The van der Waals surface area contributed by atoms with E-state index >= 15 is 0 Å². The fourth-order valence-electron chi connectivity index (χ4n) is 4.32. The smallest absolute Gasteiger partial charge is 0.320 e. The van der Waals surface area contributed by atoms with E-state index in [-0.39, 0.29) is 17.5 Å². The lowest BCUT2D eigenvalue weighted by molar-refractivity contribution is 0.352. The Morgan fingerprint density at radius 1 is 1.24 bits per heavy atom. The summed E-state index contributed by atoms with van der Waals surface area (Å²) in [6, 6.07) is 8.17. The van der Waals surface area contributed by atoms with E-state index in [1.54, 1.807) is 6.20 Å². The number of hydrogen-bond donors (Lipinski definition) is 2. The van der Waals surface area contributed by atoms with Gasteiger partial charge in [0.15, 0.2) is 11.6 Å². The topological polar surface area (TPSA) is 154 Å². The summed E-state index contributed by atoms with van der Waals surface area (Å²) < 4.78 is 5.37. The summed E-state index contributed by atoms with van der Waals surface area (Å²) in [7, 11) is 3.34. The third-order valence-corrected chi connectivity index (χ3v) is 7.15. The second kappa shape index (κ2) is 8.69. The van der Waals surface area contributed by atoms with Crippen LogP contribution in [0, 0.1) is 22.7 Å². The minimum absolute atomic E-state index is 0.160. The maximum atomic E-state index is 10.1. The summed E-state index contributed by atoms with van der Waals surface area (Å²) in [6.45, 7) is 5.19. The highest BCUT2D eigenvalue weighted by atomic mass is 32.1. The number of nitriles is 2. The van der Waals surface area contributed by atoms with Gasteiger partial charge in [-0.2, -0.15) is 20.5 Å². The van der Waals surface area contributed by atoms with E-state index < -0.39 is 0 Å². The van der Waals surface area contributed by atoms with Gasteiger partial charge in [0.2, 0.25) is 0 Å². The fraction of sp³-hybridized carbons (Fsp3) is 0.348. The number of rotatable bonds is 6. The largest absolute Gasteiger partial charge is 0.467 e. The summed E-state index contributed by atoms with van der Waals surface area (Å²) in [5.74, 6) is 1.34. The van der Waals surface area contributed by atoms with E-state index in [1.165, 1.54) is 18.4 Å². The zero-order chi connectivity index (χ0) is 24.6. The molecule has 0 radical (unpaired) electrons. The van der Waals surface area contributed by atoms with Gasteiger partial charge in [-0.05, 0) is 23.9 Å². The second-order valence-electron chi connectivity index (χ2n) is 8.53. The van der Waals surface area contributed by atoms with Gasteiger partial charge in [0.1, 0.15) is 28.5 Å². The van der Waals surface area contributed by atoms with Crippen molar-refractivity contribution in [3.63, 3.8) is 0 Å². The van der Waals surface area contributed by atoms with Gasteiger partial charge in [0, 0.05) is 37.3 Å². The lowest BCUT2D eigenvalue weighted by Gasteiger charge is -2.49. The van der Waals surface area contributed by atoms with Crippen LogP contribution in [0.15, 0.2) is 23.7 Å². The Balaban J connectivity index is 1.70. The zero-order valence-electron chi connectivity index (χ0n) is 19.4. The van der Waals surface area contributed by atoms with E-state index in [2.05, 4.69) is 34.0 Å². The minimum atomic E-state index is -0.284.